The molecule has 1 N–H and O–H groups in total. The minimum atomic E-state index is -3.67. The molecule has 1 aliphatic heterocycles. The van der Waals surface area contributed by atoms with Crippen molar-refractivity contribution in [1.29, 1.82) is 0 Å². The maximum atomic E-state index is 9.19. The second kappa shape index (κ2) is 9.75. The lowest BCUT2D eigenvalue weighted by atomic mass is 9.92. The van der Waals surface area contributed by atoms with Crippen LogP contribution in [-0.2, 0) is 10.1 Å². The van der Waals surface area contributed by atoms with Crippen molar-refractivity contribution in [2.24, 2.45) is 5.92 Å². The van der Waals surface area contributed by atoms with Gasteiger partial charge < -0.3 is 4.90 Å². The van der Waals surface area contributed by atoms with Crippen LogP contribution in [0.4, 0.5) is 0 Å². The summed E-state index contributed by atoms with van der Waals surface area (Å²) in [5.41, 5.74) is 0. The summed E-state index contributed by atoms with van der Waals surface area (Å²) in [4.78, 5) is 2.65. The van der Waals surface area contributed by atoms with Gasteiger partial charge in [0.25, 0.3) is 10.1 Å². The number of hydrogen-bond donors (Lipinski definition) is 1. The molecule has 0 aromatic rings. The van der Waals surface area contributed by atoms with E-state index in [1.54, 1.807) is 0 Å². The summed E-state index contributed by atoms with van der Waals surface area (Å²) >= 11 is 0. The molecule has 0 atom stereocenters. The van der Waals surface area contributed by atoms with Crippen LogP contribution in [0.1, 0.15) is 52.4 Å². The number of hydrogen-bond acceptors (Lipinski definition) is 3. The van der Waals surface area contributed by atoms with Crippen LogP contribution >= 0.6 is 0 Å². The van der Waals surface area contributed by atoms with Gasteiger partial charge in [-0.25, -0.2) is 0 Å². The molecule has 0 aromatic carbocycles. The van der Waals surface area contributed by atoms with E-state index in [0.29, 0.717) is 6.26 Å². The van der Waals surface area contributed by atoms with Gasteiger partial charge in [0.1, 0.15) is 0 Å². The maximum absolute atomic E-state index is 9.19. The van der Waals surface area contributed by atoms with Crippen LogP contribution in [0, 0.1) is 5.92 Å². The van der Waals surface area contributed by atoms with Gasteiger partial charge >= 0.3 is 0 Å². The van der Waals surface area contributed by atoms with E-state index < -0.39 is 10.1 Å². The van der Waals surface area contributed by atoms with Crippen LogP contribution < -0.4 is 0 Å². The molecule has 18 heavy (non-hydrogen) atoms. The average Bonchev–Trinajstić information content (AvgIpc) is 2.26. The summed E-state index contributed by atoms with van der Waals surface area (Å²) in [5, 5.41) is 0. The summed E-state index contributed by atoms with van der Waals surface area (Å²) in [7, 11) is -3.67. The molecule has 1 rings (SSSR count). The van der Waals surface area contributed by atoms with Gasteiger partial charge in [0.15, 0.2) is 0 Å². The minimum absolute atomic E-state index is 0.715. The van der Waals surface area contributed by atoms with Crippen LogP contribution in [0.25, 0.3) is 0 Å². The topological polar surface area (TPSA) is 57.6 Å². The summed E-state index contributed by atoms with van der Waals surface area (Å²) in [5.74, 6) is 1.04. The van der Waals surface area contributed by atoms with Gasteiger partial charge in [-0.3, -0.25) is 4.55 Å². The predicted molar refractivity (Wildman–Crippen MR) is 76.5 cm³/mol. The van der Waals surface area contributed by atoms with Crippen molar-refractivity contribution in [3.63, 3.8) is 0 Å². The molecule has 1 saturated heterocycles. The van der Waals surface area contributed by atoms with Gasteiger partial charge in [0.05, 0.1) is 6.26 Å². The molecular weight excluding hydrogens is 250 g/mol. The zero-order valence-corrected chi connectivity index (χ0v) is 12.9. The molecule has 1 heterocycles. The van der Waals surface area contributed by atoms with E-state index >= 15 is 0 Å². The number of likely N-dealkylation sites (tertiary alicyclic amines) is 1. The molecular formula is C13H29NO3S. The normalized spacial score (nSPS) is 18.2. The van der Waals surface area contributed by atoms with Crippen molar-refractivity contribution in [3.05, 3.63) is 0 Å². The van der Waals surface area contributed by atoms with Gasteiger partial charge in [-0.15, -0.1) is 0 Å². The Morgan fingerprint density at radius 2 is 1.67 bits per heavy atom. The summed E-state index contributed by atoms with van der Waals surface area (Å²) in [6.07, 6.45) is 9.19. The Morgan fingerprint density at radius 1 is 1.17 bits per heavy atom. The molecule has 110 valence electrons. The Bertz CT molecular complexity index is 275. The number of unbranched alkanes of at least 4 members (excludes halogenated alkanes) is 1. The minimum Gasteiger partial charge on any atom is -0.303 e. The molecule has 0 bridgehead atoms. The van der Waals surface area contributed by atoms with E-state index in [0.717, 1.165) is 5.92 Å². The zero-order chi connectivity index (χ0) is 14.0. The van der Waals surface area contributed by atoms with E-state index in [1.807, 2.05) is 0 Å². The van der Waals surface area contributed by atoms with Gasteiger partial charge in [-0.1, -0.05) is 33.1 Å². The summed E-state index contributed by atoms with van der Waals surface area (Å²) in [6, 6.07) is 0. The third kappa shape index (κ3) is 12.3. The Balaban J connectivity index is 0.000000494. The van der Waals surface area contributed by atoms with Gasteiger partial charge in [-0.05, 0) is 44.8 Å². The Kier molecular flexibility index (Phi) is 9.68. The average molecular weight is 279 g/mol. The molecule has 0 radical (unpaired) electrons. The quantitative estimate of drug-likeness (QED) is 0.786. The lowest BCUT2D eigenvalue weighted by molar-refractivity contribution is 0.176. The van der Waals surface area contributed by atoms with Crippen LogP contribution in [-0.4, -0.2) is 43.8 Å². The van der Waals surface area contributed by atoms with Crippen molar-refractivity contribution in [3.8, 4) is 0 Å². The SMILES string of the molecule is CCCCN1CCC(CCC)CC1.CS(=O)(=O)O. The summed E-state index contributed by atoms with van der Waals surface area (Å²) in [6.45, 7) is 8.66. The highest BCUT2D eigenvalue weighted by Crippen LogP contribution is 2.21. The first-order valence-electron chi connectivity index (χ1n) is 7.01. The predicted octanol–water partition coefficient (Wildman–Crippen LogP) is 2.80. The second-order valence-corrected chi connectivity index (χ2v) is 6.63. The number of nitrogens with zero attached hydrogens (tertiary/aromatic N) is 1. The van der Waals surface area contributed by atoms with E-state index in [-0.39, 0.29) is 0 Å². The Morgan fingerprint density at radius 3 is 2.06 bits per heavy atom. The number of piperidine rings is 1. The number of rotatable bonds is 5. The highest BCUT2D eigenvalue weighted by molar-refractivity contribution is 7.85. The van der Waals surface area contributed by atoms with E-state index in [1.165, 1.54) is 58.2 Å². The molecule has 0 unspecified atom stereocenters. The fourth-order valence-corrected chi connectivity index (χ4v) is 2.29. The summed E-state index contributed by atoms with van der Waals surface area (Å²) < 4.78 is 25.9. The maximum Gasteiger partial charge on any atom is 0.261 e. The monoisotopic (exact) mass is 279 g/mol. The molecule has 0 spiro atoms. The van der Waals surface area contributed by atoms with Crippen molar-refractivity contribution < 1.29 is 13.0 Å². The van der Waals surface area contributed by atoms with Gasteiger partial charge in [-0.2, -0.15) is 8.42 Å². The highest BCUT2D eigenvalue weighted by Gasteiger charge is 2.17. The third-order valence-corrected chi connectivity index (χ3v) is 3.23. The van der Waals surface area contributed by atoms with E-state index in [4.69, 9.17) is 4.55 Å². The fourth-order valence-electron chi connectivity index (χ4n) is 2.29. The first-order chi connectivity index (χ1) is 8.36. The van der Waals surface area contributed by atoms with Crippen molar-refractivity contribution in [1.82, 2.24) is 4.90 Å². The highest BCUT2D eigenvalue weighted by atomic mass is 32.2. The molecule has 1 fully saturated rings. The van der Waals surface area contributed by atoms with Gasteiger partial charge in [0.2, 0.25) is 0 Å². The van der Waals surface area contributed by atoms with Crippen LogP contribution in [0.2, 0.25) is 0 Å². The smallest absolute Gasteiger partial charge is 0.261 e. The molecule has 0 amide bonds. The van der Waals surface area contributed by atoms with Crippen LogP contribution in [0.3, 0.4) is 0 Å². The standard InChI is InChI=1S/C12H25N.CH4O3S/c1-3-5-9-13-10-7-12(6-4-2)8-11-13;1-5(2,3)4/h12H,3-11H2,1-2H3;1H3,(H,2,3,4). The van der Waals surface area contributed by atoms with Crippen LogP contribution in [0.5, 0.6) is 0 Å². The van der Waals surface area contributed by atoms with E-state index in [9.17, 15) is 8.42 Å². The lowest BCUT2D eigenvalue weighted by Gasteiger charge is -2.31. The van der Waals surface area contributed by atoms with Crippen molar-refractivity contribution in [2.75, 3.05) is 25.9 Å². The Labute approximate surface area is 113 Å². The largest absolute Gasteiger partial charge is 0.303 e. The Hall–Kier alpha value is -0.130. The molecule has 1 aliphatic rings. The first kappa shape index (κ1) is 17.9. The van der Waals surface area contributed by atoms with Gasteiger partial charge in [0, 0.05) is 0 Å². The lowest BCUT2D eigenvalue weighted by Crippen LogP contribution is -2.34. The molecule has 0 saturated carbocycles. The molecule has 4 nitrogen and oxygen atoms in total. The second-order valence-electron chi connectivity index (χ2n) is 5.16. The van der Waals surface area contributed by atoms with Crippen LogP contribution in [0.15, 0.2) is 0 Å². The van der Waals surface area contributed by atoms with Crippen molar-refractivity contribution in [2.45, 2.75) is 52.4 Å². The van der Waals surface area contributed by atoms with E-state index in [2.05, 4.69) is 18.7 Å². The molecule has 5 heteroatoms. The van der Waals surface area contributed by atoms with Crippen molar-refractivity contribution >= 4 is 10.1 Å². The fraction of sp³-hybridized carbons (Fsp3) is 1.00. The molecule has 0 aromatic heterocycles. The first-order valence-corrected chi connectivity index (χ1v) is 8.86. The zero-order valence-electron chi connectivity index (χ0n) is 12.1. The molecule has 0 aliphatic carbocycles. The third-order valence-electron chi connectivity index (χ3n) is 3.23.